The number of carbonyl (C=O) groups excluding carboxylic acids is 1. The molecule has 0 aromatic heterocycles. The number of unbranched alkanes of at least 4 members (excludes halogenated alkanes) is 2. The lowest BCUT2D eigenvalue weighted by Gasteiger charge is -2.27. The third kappa shape index (κ3) is 7.78. The Labute approximate surface area is 185 Å². The highest BCUT2D eigenvalue weighted by Crippen LogP contribution is 2.47. The number of carboxylic acids is 1. The van der Waals surface area contributed by atoms with Crippen LogP contribution in [0.1, 0.15) is 57.8 Å². The molecule has 6 nitrogen and oxygen atoms in total. The molecule has 2 fully saturated rings. The Morgan fingerprint density at radius 1 is 1.03 bits per heavy atom. The van der Waals surface area contributed by atoms with Gasteiger partial charge in [-0.1, -0.05) is 36.8 Å². The number of hydrogen-bond acceptors (Lipinski definition) is 4. The summed E-state index contributed by atoms with van der Waals surface area (Å²) >= 11 is 0. The molecule has 0 spiro atoms. The fourth-order valence-corrected chi connectivity index (χ4v) is 4.90. The highest BCUT2D eigenvalue weighted by atomic mass is 16.5. The molecule has 6 heteroatoms. The standard InChI is InChI=1S/C25H36N2O4/c28-24(27-19-10-4-3-5-11-19)18-26-17-9-8-13-21-20(22-15-16-23(21)31-22)12-6-1-2-7-14-25(29)30/h1,3-6,10-11,20-23,26H,2,7-9,12-18H2,(H,27,28)(H,29,30)/t20-,21-,22-,23+/m1/s1. The number of hydrogen-bond donors (Lipinski definition) is 3. The molecular weight excluding hydrogens is 392 g/mol. The number of rotatable bonds is 14. The Balaban J connectivity index is 1.28. The zero-order valence-electron chi connectivity index (χ0n) is 18.3. The number of fused-ring (bicyclic) bond motifs is 2. The molecule has 3 N–H and O–H groups in total. The zero-order valence-corrected chi connectivity index (χ0v) is 18.3. The molecule has 170 valence electrons. The predicted molar refractivity (Wildman–Crippen MR) is 122 cm³/mol. The molecule has 1 amide bonds. The van der Waals surface area contributed by atoms with Gasteiger partial charge in [0.1, 0.15) is 0 Å². The van der Waals surface area contributed by atoms with Crippen molar-refractivity contribution in [2.45, 2.75) is 70.0 Å². The molecule has 2 saturated heterocycles. The van der Waals surface area contributed by atoms with E-state index in [-0.39, 0.29) is 12.3 Å². The smallest absolute Gasteiger partial charge is 0.303 e. The lowest BCUT2D eigenvalue weighted by molar-refractivity contribution is -0.137. The highest BCUT2D eigenvalue weighted by molar-refractivity contribution is 5.92. The minimum Gasteiger partial charge on any atom is -0.481 e. The van der Waals surface area contributed by atoms with E-state index in [2.05, 4.69) is 22.8 Å². The highest BCUT2D eigenvalue weighted by Gasteiger charge is 2.47. The van der Waals surface area contributed by atoms with Gasteiger partial charge in [-0.3, -0.25) is 9.59 Å². The fourth-order valence-electron chi connectivity index (χ4n) is 4.90. The van der Waals surface area contributed by atoms with Gasteiger partial charge in [0.25, 0.3) is 0 Å². The van der Waals surface area contributed by atoms with E-state index >= 15 is 0 Å². The first kappa shape index (κ1) is 23.5. The topological polar surface area (TPSA) is 87.7 Å². The summed E-state index contributed by atoms with van der Waals surface area (Å²) in [7, 11) is 0. The van der Waals surface area contributed by atoms with E-state index < -0.39 is 5.97 Å². The van der Waals surface area contributed by atoms with Gasteiger partial charge in [-0.15, -0.1) is 0 Å². The average Bonchev–Trinajstić information content (AvgIpc) is 3.35. The number of carbonyl (C=O) groups is 2. The Hall–Kier alpha value is -2.18. The van der Waals surface area contributed by atoms with Crippen molar-refractivity contribution in [1.82, 2.24) is 5.32 Å². The number of ether oxygens (including phenoxy) is 1. The van der Waals surface area contributed by atoms with Crippen LogP contribution in [0.25, 0.3) is 0 Å². The van der Waals surface area contributed by atoms with Crippen LogP contribution >= 0.6 is 0 Å². The van der Waals surface area contributed by atoms with Gasteiger partial charge in [0.15, 0.2) is 0 Å². The van der Waals surface area contributed by atoms with Gasteiger partial charge in [-0.25, -0.2) is 0 Å². The maximum atomic E-state index is 12.0. The summed E-state index contributed by atoms with van der Waals surface area (Å²) in [6.45, 7) is 1.18. The van der Waals surface area contributed by atoms with Crippen LogP contribution in [0, 0.1) is 11.8 Å². The third-order valence-corrected chi connectivity index (χ3v) is 6.41. The van der Waals surface area contributed by atoms with Crippen molar-refractivity contribution in [2.24, 2.45) is 11.8 Å². The van der Waals surface area contributed by atoms with Crippen molar-refractivity contribution in [2.75, 3.05) is 18.4 Å². The van der Waals surface area contributed by atoms with Crippen LogP contribution in [-0.2, 0) is 14.3 Å². The second-order valence-electron chi connectivity index (χ2n) is 8.70. The van der Waals surface area contributed by atoms with Crippen LogP contribution in [0.15, 0.2) is 42.5 Å². The van der Waals surface area contributed by atoms with Crippen LogP contribution in [0.4, 0.5) is 5.69 Å². The number of nitrogens with one attached hydrogen (secondary N) is 2. The Morgan fingerprint density at radius 2 is 1.81 bits per heavy atom. The summed E-state index contributed by atoms with van der Waals surface area (Å²) in [4.78, 5) is 22.5. The zero-order chi connectivity index (χ0) is 21.9. The average molecular weight is 429 g/mol. The van der Waals surface area contributed by atoms with Gasteiger partial charge in [0, 0.05) is 12.1 Å². The molecule has 4 atom stereocenters. The molecule has 3 rings (SSSR count). The van der Waals surface area contributed by atoms with E-state index in [1.165, 1.54) is 19.3 Å². The van der Waals surface area contributed by atoms with Crippen LogP contribution in [0.3, 0.4) is 0 Å². The van der Waals surface area contributed by atoms with Crippen molar-refractivity contribution in [3.63, 3.8) is 0 Å². The minimum atomic E-state index is -0.721. The van der Waals surface area contributed by atoms with Gasteiger partial charge >= 0.3 is 5.97 Å². The molecule has 0 radical (unpaired) electrons. The van der Waals surface area contributed by atoms with Crippen LogP contribution in [-0.4, -0.2) is 42.3 Å². The second-order valence-corrected chi connectivity index (χ2v) is 8.70. The van der Waals surface area contributed by atoms with Crippen molar-refractivity contribution in [1.29, 1.82) is 0 Å². The fraction of sp³-hybridized carbons (Fsp3) is 0.600. The van der Waals surface area contributed by atoms with E-state index in [0.29, 0.717) is 37.0 Å². The quantitative estimate of drug-likeness (QED) is 0.302. The summed E-state index contributed by atoms with van der Waals surface area (Å²) in [5.41, 5.74) is 0.826. The first-order valence-electron chi connectivity index (χ1n) is 11.7. The van der Waals surface area contributed by atoms with E-state index in [0.717, 1.165) is 37.9 Å². The Bertz CT molecular complexity index is 721. The molecule has 0 unspecified atom stereocenters. The monoisotopic (exact) mass is 428 g/mol. The molecule has 2 aliphatic heterocycles. The number of benzene rings is 1. The Kier molecular flexibility index (Phi) is 9.56. The summed E-state index contributed by atoms with van der Waals surface area (Å²) in [5, 5.41) is 14.8. The summed E-state index contributed by atoms with van der Waals surface area (Å²) in [6, 6.07) is 9.52. The molecule has 31 heavy (non-hydrogen) atoms. The SMILES string of the molecule is O=C(O)CCCC=CC[C@@H]1[C@@H](CCCCNCC(=O)Nc2ccccc2)[C@@H]2CC[C@H]1O2. The molecule has 1 aromatic carbocycles. The van der Waals surface area contributed by atoms with Gasteiger partial charge in [0.05, 0.1) is 18.8 Å². The van der Waals surface area contributed by atoms with Crippen molar-refractivity contribution < 1.29 is 19.4 Å². The molecular formula is C25H36N2O4. The van der Waals surface area contributed by atoms with Gasteiger partial charge in [-0.05, 0) is 75.5 Å². The maximum absolute atomic E-state index is 12.0. The second kappa shape index (κ2) is 12.6. The summed E-state index contributed by atoms with van der Waals surface area (Å²) in [5.74, 6) is 0.493. The third-order valence-electron chi connectivity index (χ3n) is 6.41. The number of amides is 1. The number of aliphatic carboxylic acids is 1. The van der Waals surface area contributed by atoms with E-state index in [4.69, 9.17) is 9.84 Å². The molecule has 2 bridgehead atoms. The molecule has 2 heterocycles. The predicted octanol–water partition coefficient (Wildman–Crippen LogP) is 4.38. The summed E-state index contributed by atoms with van der Waals surface area (Å²) < 4.78 is 6.19. The molecule has 2 aliphatic rings. The Morgan fingerprint density at radius 3 is 2.58 bits per heavy atom. The van der Waals surface area contributed by atoms with Gasteiger partial charge in [0.2, 0.25) is 5.91 Å². The van der Waals surface area contributed by atoms with Crippen LogP contribution in [0.2, 0.25) is 0 Å². The lowest BCUT2D eigenvalue weighted by Crippen LogP contribution is -2.29. The van der Waals surface area contributed by atoms with Gasteiger partial charge < -0.3 is 20.5 Å². The van der Waals surface area contributed by atoms with Crippen molar-refractivity contribution in [3.05, 3.63) is 42.5 Å². The summed E-state index contributed by atoms with van der Waals surface area (Å²) in [6.07, 6.45) is 13.8. The number of allylic oxidation sites excluding steroid dienone is 2. The molecule has 0 aliphatic carbocycles. The van der Waals surface area contributed by atoms with E-state index in [1.807, 2.05) is 30.3 Å². The lowest BCUT2D eigenvalue weighted by atomic mass is 9.75. The largest absolute Gasteiger partial charge is 0.481 e. The van der Waals surface area contributed by atoms with Crippen molar-refractivity contribution in [3.8, 4) is 0 Å². The maximum Gasteiger partial charge on any atom is 0.303 e. The first-order chi connectivity index (χ1) is 15.1. The van der Waals surface area contributed by atoms with E-state index in [1.54, 1.807) is 0 Å². The normalized spacial score (nSPS) is 24.6. The number of anilines is 1. The van der Waals surface area contributed by atoms with Crippen molar-refractivity contribution >= 4 is 17.6 Å². The number of carboxylic acid groups (broad SMARTS) is 1. The van der Waals surface area contributed by atoms with Crippen LogP contribution < -0.4 is 10.6 Å². The van der Waals surface area contributed by atoms with Gasteiger partial charge in [-0.2, -0.15) is 0 Å². The first-order valence-corrected chi connectivity index (χ1v) is 11.7. The van der Waals surface area contributed by atoms with Crippen LogP contribution in [0.5, 0.6) is 0 Å². The number of para-hydroxylation sites is 1. The molecule has 0 saturated carbocycles. The molecule has 1 aromatic rings. The minimum absolute atomic E-state index is 0.0112. The van der Waals surface area contributed by atoms with E-state index in [9.17, 15) is 9.59 Å².